The second kappa shape index (κ2) is 13.0. The topological polar surface area (TPSA) is 141 Å². The quantitative estimate of drug-likeness (QED) is 0.358. The highest BCUT2D eigenvalue weighted by atomic mass is 32.2. The first-order valence-corrected chi connectivity index (χ1v) is 17.0. The van der Waals surface area contributed by atoms with Gasteiger partial charge in [-0.3, -0.25) is 0 Å². The molecule has 0 amide bonds. The third kappa shape index (κ3) is 5.74. The molecule has 0 saturated carbocycles. The average Bonchev–Trinajstić information content (AvgIpc) is 3.50. The molecule has 3 aliphatic heterocycles. The minimum atomic E-state index is -3.72. The van der Waals surface area contributed by atoms with Gasteiger partial charge < -0.3 is 19.4 Å². The maximum Gasteiger partial charge on any atom is 0.236 e. The number of hydrogen-bond donors (Lipinski definition) is 0. The number of rotatable bonds is 8. The molecule has 46 heavy (non-hydrogen) atoms. The largest absolute Gasteiger partial charge is 0.475 e. The van der Waals surface area contributed by atoms with Gasteiger partial charge in [0.05, 0.1) is 30.2 Å². The van der Waals surface area contributed by atoms with Gasteiger partial charge in [-0.25, -0.2) is 8.42 Å². The van der Waals surface area contributed by atoms with Crippen LogP contribution in [0, 0.1) is 34.0 Å². The fourth-order valence-electron chi connectivity index (χ4n) is 7.05. The molecule has 236 valence electrons. The Morgan fingerprint density at radius 3 is 2.52 bits per heavy atom. The van der Waals surface area contributed by atoms with Crippen LogP contribution in [0.1, 0.15) is 41.5 Å². The third-order valence-electron chi connectivity index (χ3n) is 9.47. The molecule has 0 bridgehead atoms. The SMILES string of the molecule is C=CS(=O)(=O)N1CCN(c2nc(OC[C@@H]3CCCN3C)c(C#N)c3c2CCN(c2cccc4cccc(C#N)c24)C3)CC1CC#N. The molecule has 0 N–H and O–H groups in total. The molecule has 6 rings (SSSR count). The number of anilines is 2. The number of nitriles is 3. The summed E-state index contributed by atoms with van der Waals surface area (Å²) in [6.45, 7) is 6.73. The molecule has 3 aliphatic rings. The lowest BCUT2D eigenvalue weighted by atomic mass is 9.94. The average molecular weight is 637 g/mol. The molecule has 3 aromatic rings. The zero-order valence-electron chi connectivity index (χ0n) is 25.9. The Bertz CT molecular complexity index is 1900. The van der Waals surface area contributed by atoms with Gasteiger partial charge in [-0.05, 0) is 50.4 Å². The van der Waals surface area contributed by atoms with Crippen LogP contribution in [-0.2, 0) is 23.0 Å². The number of aromatic nitrogens is 1. The molecule has 4 heterocycles. The van der Waals surface area contributed by atoms with Gasteiger partial charge in [0, 0.05) is 66.4 Å². The fraction of sp³-hybridized carbons (Fsp3) is 0.412. The van der Waals surface area contributed by atoms with Gasteiger partial charge in [0.1, 0.15) is 24.1 Å². The van der Waals surface area contributed by atoms with Crippen molar-refractivity contribution in [3.63, 3.8) is 0 Å². The van der Waals surface area contributed by atoms with Gasteiger partial charge in [-0.15, -0.1) is 0 Å². The predicted molar refractivity (Wildman–Crippen MR) is 176 cm³/mol. The zero-order chi connectivity index (χ0) is 32.4. The molecule has 0 spiro atoms. The second-order valence-corrected chi connectivity index (χ2v) is 13.9. The standard InChI is InChI=1S/C34H36N8O3S/c1-3-46(43,44)42-18-17-41(21-26(42)12-14-35)33-28-13-16-40(31-11-5-8-24-7-4-9-25(19-36)32(24)31)22-30(28)29(20-37)34(38-33)45-23-27-10-6-15-39(27)2/h3-5,7-9,11,26-27H,1,6,10,12-13,15-18,21-23H2,2H3/t26?,27-/m0/s1. The third-order valence-corrected chi connectivity index (χ3v) is 11.0. The molecule has 0 aliphatic carbocycles. The summed E-state index contributed by atoms with van der Waals surface area (Å²) in [5, 5.41) is 32.8. The number of sulfonamides is 1. The second-order valence-electron chi connectivity index (χ2n) is 12.0. The highest BCUT2D eigenvalue weighted by Crippen LogP contribution is 2.39. The number of likely N-dealkylation sites (tertiary alicyclic amines) is 1. The van der Waals surface area contributed by atoms with Crippen molar-refractivity contribution in [1.82, 2.24) is 14.2 Å². The summed E-state index contributed by atoms with van der Waals surface area (Å²) in [6, 6.07) is 18.2. The zero-order valence-corrected chi connectivity index (χ0v) is 26.7. The van der Waals surface area contributed by atoms with Crippen LogP contribution in [-0.4, -0.2) is 81.1 Å². The van der Waals surface area contributed by atoms with Crippen molar-refractivity contribution in [2.75, 3.05) is 56.2 Å². The number of hydrogen-bond acceptors (Lipinski definition) is 10. The molecule has 1 aromatic heterocycles. The summed E-state index contributed by atoms with van der Waals surface area (Å²) in [6.07, 6.45) is 2.69. The van der Waals surface area contributed by atoms with Gasteiger partial charge >= 0.3 is 0 Å². The molecule has 0 radical (unpaired) electrons. The van der Waals surface area contributed by atoms with Crippen molar-refractivity contribution in [2.45, 2.75) is 44.3 Å². The summed E-state index contributed by atoms with van der Waals surface area (Å²) >= 11 is 0. The highest BCUT2D eigenvalue weighted by molar-refractivity contribution is 7.92. The maximum atomic E-state index is 12.8. The Labute approximate surface area is 270 Å². The van der Waals surface area contributed by atoms with Gasteiger partial charge in [0.15, 0.2) is 0 Å². The first kappa shape index (κ1) is 31.3. The van der Waals surface area contributed by atoms with Crippen LogP contribution in [0.15, 0.2) is 48.4 Å². The number of ether oxygens (including phenoxy) is 1. The highest BCUT2D eigenvalue weighted by Gasteiger charge is 2.37. The summed E-state index contributed by atoms with van der Waals surface area (Å²) < 4.78 is 33.3. The van der Waals surface area contributed by atoms with E-state index in [0.717, 1.165) is 52.4 Å². The normalized spacial score (nSPS) is 20.5. The van der Waals surface area contributed by atoms with E-state index in [2.05, 4.69) is 41.6 Å². The van der Waals surface area contributed by atoms with Crippen molar-refractivity contribution >= 4 is 32.3 Å². The van der Waals surface area contributed by atoms with Crippen molar-refractivity contribution < 1.29 is 13.2 Å². The summed E-state index contributed by atoms with van der Waals surface area (Å²) in [4.78, 5) is 11.5. The molecule has 12 heteroatoms. The number of likely N-dealkylation sites (N-methyl/N-ethyl adjacent to an activating group) is 1. The maximum absolute atomic E-state index is 12.8. The van der Waals surface area contributed by atoms with Crippen molar-refractivity contribution in [3.05, 3.63) is 70.6 Å². The predicted octanol–water partition coefficient (Wildman–Crippen LogP) is 3.89. The summed E-state index contributed by atoms with van der Waals surface area (Å²) in [5.41, 5.74) is 3.66. The van der Waals surface area contributed by atoms with E-state index in [4.69, 9.17) is 9.72 Å². The molecular formula is C34H36N8O3S. The van der Waals surface area contributed by atoms with E-state index < -0.39 is 16.1 Å². The van der Waals surface area contributed by atoms with Gasteiger partial charge in [-0.2, -0.15) is 25.1 Å². The van der Waals surface area contributed by atoms with E-state index in [0.29, 0.717) is 49.6 Å². The van der Waals surface area contributed by atoms with Crippen LogP contribution in [0.25, 0.3) is 10.8 Å². The monoisotopic (exact) mass is 636 g/mol. The summed E-state index contributed by atoms with van der Waals surface area (Å²) in [7, 11) is -1.65. The van der Waals surface area contributed by atoms with E-state index in [1.807, 2.05) is 41.3 Å². The lowest BCUT2D eigenvalue weighted by molar-refractivity contribution is 0.192. The first-order valence-electron chi connectivity index (χ1n) is 15.5. The Morgan fingerprint density at radius 1 is 1.02 bits per heavy atom. The van der Waals surface area contributed by atoms with Crippen LogP contribution >= 0.6 is 0 Å². The van der Waals surface area contributed by atoms with Crippen molar-refractivity contribution in [2.24, 2.45) is 0 Å². The number of piperazine rings is 1. The Hall–Kier alpha value is -4.67. The lowest BCUT2D eigenvalue weighted by Gasteiger charge is -2.41. The van der Waals surface area contributed by atoms with Crippen LogP contribution < -0.4 is 14.5 Å². The molecular weight excluding hydrogens is 600 g/mol. The minimum absolute atomic E-state index is 0.0233. The minimum Gasteiger partial charge on any atom is -0.475 e. The first-order chi connectivity index (χ1) is 22.3. The van der Waals surface area contributed by atoms with Crippen molar-refractivity contribution in [3.8, 4) is 24.1 Å². The van der Waals surface area contributed by atoms with Gasteiger partial charge in [-0.1, -0.05) is 30.8 Å². The van der Waals surface area contributed by atoms with E-state index in [1.54, 1.807) is 0 Å². The Balaban J connectivity index is 1.42. The van der Waals surface area contributed by atoms with E-state index in [9.17, 15) is 24.2 Å². The van der Waals surface area contributed by atoms with Crippen LogP contribution in [0.2, 0.25) is 0 Å². The number of benzene rings is 2. The fourth-order valence-corrected chi connectivity index (χ4v) is 8.14. The van der Waals surface area contributed by atoms with Gasteiger partial charge in [0.2, 0.25) is 15.9 Å². The molecule has 2 atom stereocenters. The smallest absolute Gasteiger partial charge is 0.236 e. The molecule has 2 aromatic carbocycles. The van der Waals surface area contributed by atoms with E-state index >= 15 is 0 Å². The van der Waals surface area contributed by atoms with Crippen LogP contribution in [0.4, 0.5) is 11.5 Å². The van der Waals surface area contributed by atoms with E-state index in [-0.39, 0.29) is 31.4 Å². The number of fused-ring (bicyclic) bond motifs is 2. The molecule has 1 unspecified atom stereocenters. The summed E-state index contributed by atoms with van der Waals surface area (Å²) in [5.74, 6) is 0.935. The molecule has 2 fully saturated rings. The van der Waals surface area contributed by atoms with Crippen molar-refractivity contribution in [1.29, 1.82) is 15.8 Å². The van der Waals surface area contributed by atoms with Crippen LogP contribution in [0.3, 0.4) is 0 Å². The number of pyridine rings is 1. The Morgan fingerprint density at radius 2 is 1.83 bits per heavy atom. The number of nitrogens with zero attached hydrogens (tertiary/aromatic N) is 8. The van der Waals surface area contributed by atoms with Gasteiger partial charge in [0.25, 0.3) is 0 Å². The Kier molecular flexibility index (Phi) is 8.84. The molecule has 11 nitrogen and oxygen atoms in total. The molecule has 2 saturated heterocycles. The van der Waals surface area contributed by atoms with E-state index in [1.165, 1.54) is 4.31 Å². The lowest BCUT2D eigenvalue weighted by Crippen LogP contribution is -2.55. The van der Waals surface area contributed by atoms with Crippen LogP contribution in [0.5, 0.6) is 5.88 Å².